The number of hydrogen-bond donors (Lipinski definition) is 1. The average molecular weight is 285 g/mol. The third-order valence-electron chi connectivity index (χ3n) is 2.87. The molecule has 0 aliphatic carbocycles. The molecule has 2 aromatic heterocycles. The first-order valence-corrected chi connectivity index (χ1v) is 6.58. The predicted molar refractivity (Wildman–Crippen MR) is 75.5 cm³/mol. The quantitative estimate of drug-likeness (QED) is 0.750. The van der Waals surface area contributed by atoms with Crippen LogP contribution in [0.1, 0.15) is 11.4 Å². The van der Waals surface area contributed by atoms with Crippen LogP contribution in [0.25, 0.3) is 11.7 Å². The van der Waals surface area contributed by atoms with Crippen molar-refractivity contribution >= 4 is 0 Å². The van der Waals surface area contributed by atoms with Gasteiger partial charge < -0.3 is 19.0 Å². The Bertz CT molecular complexity index is 675. The monoisotopic (exact) mass is 285 g/mol. The third-order valence-corrected chi connectivity index (χ3v) is 2.87. The lowest BCUT2D eigenvalue weighted by Gasteiger charge is -2.04. The molecular formula is C15H15N3O3. The maximum absolute atomic E-state index is 5.62. The number of nitrogens with one attached hydrogen (secondary N) is 1. The molecule has 0 bridgehead atoms. The molecule has 2 heterocycles. The Labute approximate surface area is 121 Å². The molecule has 3 aromatic rings. The van der Waals surface area contributed by atoms with E-state index in [4.69, 9.17) is 13.7 Å². The van der Waals surface area contributed by atoms with Crippen LogP contribution in [0.2, 0.25) is 0 Å². The standard InChI is InChI=1S/C15H15N3O3/c1-16-9-11-4-6-12(7-5-11)20-10-14-17-15(21-18-14)13-3-2-8-19-13/h2-8,16H,9-10H2,1H3. The van der Waals surface area contributed by atoms with Crippen LogP contribution in [0, 0.1) is 0 Å². The van der Waals surface area contributed by atoms with Crippen LogP contribution in [0.5, 0.6) is 5.75 Å². The molecule has 0 saturated heterocycles. The van der Waals surface area contributed by atoms with Gasteiger partial charge in [-0.15, -0.1) is 0 Å². The molecular weight excluding hydrogens is 270 g/mol. The number of aromatic nitrogens is 2. The molecule has 108 valence electrons. The summed E-state index contributed by atoms with van der Waals surface area (Å²) in [5.74, 6) is 2.13. The van der Waals surface area contributed by atoms with Crippen molar-refractivity contribution in [2.75, 3.05) is 7.05 Å². The second kappa shape index (κ2) is 6.23. The zero-order valence-corrected chi connectivity index (χ0v) is 11.6. The summed E-state index contributed by atoms with van der Waals surface area (Å²) in [6.45, 7) is 1.08. The van der Waals surface area contributed by atoms with Crippen molar-refractivity contribution in [3.63, 3.8) is 0 Å². The lowest BCUT2D eigenvalue weighted by atomic mass is 10.2. The fourth-order valence-electron chi connectivity index (χ4n) is 1.87. The topological polar surface area (TPSA) is 73.3 Å². The largest absolute Gasteiger partial charge is 0.485 e. The number of furan rings is 1. The summed E-state index contributed by atoms with van der Waals surface area (Å²) in [7, 11) is 1.91. The van der Waals surface area contributed by atoms with Crippen molar-refractivity contribution in [1.29, 1.82) is 0 Å². The van der Waals surface area contributed by atoms with E-state index in [1.807, 2.05) is 31.3 Å². The summed E-state index contributed by atoms with van der Waals surface area (Å²) in [6.07, 6.45) is 1.56. The molecule has 21 heavy (non-hydrogen) atoms. The molecule has 0 aliphatic rings. The van der Waals surface area contributed by atoms with Gasteiger partial charge in [0.05, 0.1) is 6.26 Å². The molecule has 6 heteroatoms. The first-order valence-electron chi connectivity index (χ1n) is 6.58. The average Bonchev–Trinajstić information content (AvgIpc) is 3.18. The molecule has 0 amide bonds. The highest BCUT2D eigenvalue weighted by atomic mass is 16.5. The van der Waals surface area contributed by atoms with Crippen LogP contribution in [0.15, 0.2) is 51.6 Å². The van der Waals surface area contributed by atoms with E-state index in [1.165, 1.54) is 5.56 Å². The minimum atomic E-state index is 0.246. The number of ether oxygens (including phenoxy) is 1. The Kier molecular flexibility index (Phi) is 3.97. The molecule has 6 nitrogen and oxygen atoms in total. The van der Waals surface area contributed by atoms with Gasteiger partial charge in [0.1, 0.15) is 5.75 Å². The Hall–Kier alpha value is -2.60. The molecule has 0 fully saturated rings. The van der Waals surface area contributed by atoms with Crippen LogP contribution in [0.3, 0.4) is 0 Å². The van der Waals surface area contributed by atoms with Crippen molar-refractivity contribution in [3.8, 4) is 17.4 Å². The second-order valence-electron chi connectivity index (χ2n) is 4.46. The summed E-state index contributed by atoms with van der Waals surface area (Å²) in [5.41, 5.74) is 1.20. The van der Waals surface area contributed by atoms with Crippen LogP contribution >= 0.6 is 0 Å². The lowest BCUT2D eigenvalue weighted by Crippen LogP contribution is -2.04. The van der Waals surface area contributed by atoms with Crippen LogP contribution in [-0.2, 0) is 13.2 Å². The molecule has 0 aliphatic heterocycles. The van der Waals surface area contributed by atoms with Crippen molar-refractivity contribution in [2.45, 2.75) is 13.2 Å². The summed E-state index contributed by atoms with van der Waals surface area (Å²) < 4.78 is 15.9. The number of nitrogens with zero attached hydrogens (tertiary/aromatic N) is 2. The molecule has 1 N–H and O–H groups in total. The van der Waals surface area contributed by atoms with E-state index in [2.05, 4.69) is 15.5 Å². The maximum atomic E-state index is 5.62. The summed E-state index contributed by atoms with van der Waals surface area (Å²) >= 11 is 0. The van der Waals surface area contributed by atoms with E-state index in [-0.39, 0.29) is 6.61 Å². The van der Waals surface area contributed by atoms with Gasteiger partial charge in [-0.3, -0.25) is 0 Å². The van der Waals surface area contributed by atoms with E-state index < -0.39 is 0 Å². The zero-order valence-electron chi connectivity index (χ0n) is 11.6. The van der Waals surface area contributed by atoms with Gasteiger partial charge in [0, 0.05) is 6.54 Å². The first-order chi connectivity index (χ1) is 10.3. The number of benzene rings is 1. The molecule has 3 rings (SSSR count). The van der Waals surface area contributed by atoms with Gasteiger partial charge in [0.25, 0.3) is 5.89 Å². The van der Waals surface area contributed by atoms with Gasteiger partial charge >= 0.3 is 0 Å². The van der Waals surface area contributed by atoms with Gasteiger partial charge in [-0.05, 0) is 36.9 Å². The van der Waals surface area contributed by atoms with Gasteiger partial charge in [0.2, 0.25) is 5.82 Å². The number of hydrogen-bond acceptors (Lipinski definition) is 6. The fraction of sp³-hybridized carbons (Fsp3) is 0.200. The number of rotatable bonds is 6. The normalized spacial score (nSPS) is 10.7. The second-order valence-corrected chi connectivity index (χ2v) is 4.46. The zero-order chi connectivity index (χ0) is 14.5. The summed E-state index contributed by atoms with van der Waals surface area (Å²) in [6, 6.07) is 11.4. The van der Waals surface area contributed by atoms with Gasteiger partial charge in [-0.25, -0.2) is 0 Å². The molecule has 0 saturated carbocycles. The van der Waals surface area contributed by atoms with E-state index >= 15 is 0 Å². The maximum Gasteiger partial charge on any atom is 0.293 e. The molecule has 1 aromatic carbocycles. The van der Waals surface area contributed by atoms with E-state index in [0.717, 1.165) is 12.3 Å². The van der Waals surface area contributed by atoms with Gasteiger partial charge in [-0.2, -0.15) is 4.98 Å². The molecule has 0 unspecified atom stereocenters. The molecule has 0 atom stereocenters. The lowest BCUT2D eigenvalue weighted by molar-refractivity contribution is 0.286. The third kappa shape index (κ3) is 3.29. The van der Waals surface area contributed by atoms with E-state index in [1.54, 1.807) is 18.4 Å². The fourth-order valence-corrected chi connectivity index (χ4v) is 1.87. The highest BCUT2D eigenvalue weighted by Gasteiger charge is 2.11. The Morgan fingerprint density at radius 3 is 2.76 bits per heavy atom. The highest BCUT2D eigenvalue weighted by molar-refractivity contribution is 5.42. The molecule has 0 spiro atoms. The SMILES string of the molecule is CNCc1ccc(OCc2noc(-c3ccco3)n2)cc1. The highest BCUT2D eigenvalue weighted by Crippen LogP contribution is 2.18. The van der Waals surface area contributed by atoms with E-state index in [0.29, 0.717) is 17.5 Å². The van der Waals surface area contributed by atoms with Crippen molar-refractivity contribution in [1.82, 2.24) is 15.5 Å². The van der Waals surface area contributed by atoms with Crippen LogP contribution < -0.4 is 10.1 Å². The minimum absolute atomic E-state index is 0.246. The summed E-state index contributed by atoms with van der Waals surface area (Å²) in [5, 5.41) is 6.95. The summed E-state index contributed by atoms with van der Waals surface area (Å²) in [4.78, 5) is 4.21. The van der Waals surface area contributed by atoms with Crippen LogP contribution in [0.4, 0.5) is 0 Å². The van der Waals surface area contributed by atoms with Crippen LogP contribution in [-0.4, -0.2) is 17.2 Å². The predicted octanol–water partition coefficient (Wildman–Crippen LogP) is 2.63. The minimum Gasteiger partial charge on any atom is -0.485 e. The Morgan fingerprint density at radius 1 is 1.19 bits per heavy atom. The van der Waals surface area contributed by atoms with Gasteiger partial charge in [-0.1, -0.05) is 17.3 Å². The first kappa shape index (κ1) is 13.4. The Morgan fingerprint density at radius 2 is 2.05 bits per heavy atom. The van der Waals surface area contributed by atoms with Crippen molar-refractivity contribution < 1.29 is 13.7 Å². The van der Waals surface area contributed by atoms with E-state index in [9.17, 15) is 0 Å². The molecule has 0 radical (unpaired) electrons. The van der Waals surface area contributed by atoms with Gasteiger partial charge in [0.15, 0.2) is 12.4 Å². The van der Waals surface area contributed by atoms with Crippen molar-refractivity contribution in [2.24, 2.45) is 0 Å². The Balaban J connectivity index is 1.60. The smallest absolute Gasteiger partial charge is 0.293 e. The van der Waals surface area contributed by atoms with Crippen molar-refractivity contribution in [3.05, 3.63) is 54.0 Å².